The number of rotatable bonds is 6. The van der Waals surface area contributed by atoms with Crippen LogP contribution in [0.5, 0.6) is 11.5 Å². The highest BCUT2D eigenvalue weighted by Crippen LogP contribution is 2.33. The number of halogens is 3. The number of ether oxygens (including phenoxy) is 2. The van der Waals surface area contributed by atoms with Gasteiger partial charge in [0.1, 0.15) is 19.8 Å². The van der Waals surface area contributed by atoms with Crippen LogP contribution in [0.4, 0.5) is 23.7 Å². The Balaban J connectivity index is 1.38. The fourth-order valence-electron chi connectivity index (χ4n) is 3.22. The first-order chi connectivity index (χ1) is 16.3. The summed E-state index contributed by atoms with van der Waals surface area (Å²) < 4.78 is 51.4. The molecule has 1 aliphatic rings. The number of hydrogen-bond donors (Lipinski definition) is 2. The van der Waals surface area contributed by atoms with Gasteiger partial charge in [-0.15, -0.1) is 0 Å². The van der Waals surface area contributed by atoms with Crippen LogP contribution >= 0.6 is 11.8 Å². The number of anilines is 1. The number of nitrogens with zero attached hydrogens (tertiary/aromatic N) is 2. The third-order valence-corrected chi connectivity index (χ3v) is 5.60. The van der Waals surface area contributed by atoms with Crippen molar-refractivity contribution in [2.75, 3.05) is 24.3 Å². The Bertz CT molecular complexity index is 1180. The van der Waals surface area contributed by atoms with Gasteiger partial charge < -0.3 is 19.4 Å². The number of imide groups is 1. The van der Waals surface area contributed by atoms with Gasteiger partial charge in [-0.25, -0.2) is 9.78 Å². The van der Waals surface area contributed by atoms with Crippen LogP contribution in [0.1, 0.15) is 0 Å². The van der Waals surface area contributed by atoms with E-state index < -0.39 is 24.7 Å². The molecule has 34 heavy (non-hydrogen) atoms. The van der Waals surface area contributed by atoms with Gasteiger partial charge in [-0.2, -0.15) is 13.2 Å². The zero-order valence-corrected chi connectivity index (χ0v) is 18.4. The summed E-state index contributed by atoms with van der Waals surface area (Å²) in [6.45, 7) is -0.444. The largest absolute Gasteiger partial charge is 0.486 e. The first-order valence-corrected chi connectivity index (χ1v) is 11.1. The minimum absolute atomic E-state index is 0.0126. The zero-order chi connectivity index (χ0) is 24.1. The molecule has 0 bridgehead atoms. The summed E-state index contributed by atoms with van der Waals surface area (Å²) in [4.78, 5) is 28.4. The third kappa shape index (κ3) is 6.01. The lowest BCUT2D eigenvalue weighted by Gasteiger charge is -2.19. The molecule has 3 amide bonds. The Morgan fingerprint density at radius 2 is 1.79 bits per heavy atom. The van der Waals surface area contributed by atoms with Gasteiger partial charge in [0.05, 0.1) is 17.6 Å². The lowest BCUT2D eigenvalue weighted by Crippen LogP contribution is -2.35. The van der Waals surface area contributed by atoms with Crippen molar-refractivity contribution in [3.63, 3.8) is 0 Å². The van der Waals surface area contributed by atoms with Crippen LogP contribution in [0.2, 0.25) is 0 Å². The van der Waals surface area contributed by atoms with Crippen molar-refractivity contribution in [3.8, 4) is 22.8 Å². The van der Waals surface area contributed by atoms with Crippen LogP contribution in [0.25, 0.3) is 11.3 Å². The Labute approximate surface area is 196 Å². The molecule has 2 aromatic carbocycles. The van der Waals surface area contributed by atoms with Crippen LogP contribution < -0.4 is 20.1 Å². The van der Waals surface area contributed by atoms with Gasteiger partial charge in [-0.1, -0.05) is 42.1 Å². The predicted octanol–water partition coefficient (Wildman–Crippen LogP) is 4.32. The Morgan fingerprint density at radius 1 is 1.06 bits per heavy atom. The fraction of sp³-hybridized carbons (Fsp3) is 0.227. The van der Waals surface area contributed by atoms with Gasteiger partial charge in [0.2, 0.25) is 5.91 Å². The molecule has 0 atom stereocenters. The highest BCUT2D eigenvalue weighted by molar-refractivity contribution is 7.99. The lowest BCUT2D eigenvalue weighted by molar-refractivity contribution is -0.141. The van der Waals surface area contributed by atoms with E-state index in [1.807, 2.05) is 0 Å². The summed E-state index contributed by atoms with van der Waals surface area (Å²) in [5.74, 6) is 0.0194. The number of thioether (sulfide) groups is 1. The molecule has 8 nitrogen and oxygen atoms in total. The number of urea groups is 1. The van der Waals surface area contributed by atoms with Gasteiger partial charge in [0.15, 0.2) is 16.7 Å². The van der Waals surface area contributed by atoms with Gasteiger partial charge in [-0.05, 0) is 17.7 Å². The normalized spacial score (nSPS) is 12.8. The smallest absolute Gasteiger partial charge is 0.406 e. The maximum atomic E-state index is 13.2. The van der Waals surface area contributed by atoms with Crippen LogP contribution in [0.15, 0.2) is 59.9 Å². The second kappa shape index (κ2) is 10.1. The van der Waals surface area contributed by atoms with E-state index in [0.717, 1.165) is 16.3 Å². The number of carbonyl (C=O) groups is 2. The molecule has 1 aliphatic heterocycles. The number of imidazole rings is 1. The van der Waals surface area contributed by atoms with Crippen LogP contribution in [0.3, 0.4) is 0 Å². The van der Waals surface area contributed by atoms with Crippen molar-refractivity contribution in [1.82, 2.24) is 14.9 Å². The molecule has 3 aromatic rings. The average Bonchev–Trinajstić information content (AvgIpc) is 3.18. The number of hydrogen-bond acceptors (Lipinski definition) is 6. The number of amides is 3. The fourth-order valence-corrected chi connectivity index (χ4v) is 4.00. The molecule has 2 heterocycles. The van der Waals surface area contributed by atoms with E-state index in [2.05, 4.69) is 15.6 Å². The molecule has 1 aromatic heterocycles. The molecule has 0 saturated carbocycles. The molecular formula is C22H19F3N4O4S. The van der Waals surface area contributed by atoms with Gasteiger partial charge >= 0.3 is 12.2 Å². The van der Waals surface area contributed by atoms with Gasteiger partial charge in [-0.3, -0.25) is 10.1 Å². The van der Waals surface area contributed by atoms with Gasteiger partial charge in [0, 0.05) is 11.8 Å². The lowest BCUT2D eigenvalue weighted by atomic mass is 10.2. The molecular weight excluding hydrogens is 473 g/mol. The minimum Gasteiger partial charge on any atom is -0.486 e. The summed E-state index contributed by atoms with van der Waals surface area (Å²) in [5, 5.41) is 4.66. The molecule has 12 heteroatoms. The monoisotopic (exact) mass is 492 g/mol. The van der Waals surface area contributed by atoms with Gasteiger partial charge in [0.25, 0.3) is 0 Å². The van der Waals surface area contributed by atoms with Crippen molar-refractivity contribution in [2.24, 2.45) is 0 Å². The number of carbonyl (C=O) groups excluding carboxylic acids is 2. The number of aromatic nitrogens is 2. The third-order valence-electron chi connectivity index (χ3n) is 4.61. The molecule has 4 rings (SSSR count). The highest BCUT2D eigenvalue weighted by Gasteiger charge is 2.31. The van der Waals surface area contributed by atoms with E-state index in [1.54, 1.807) is 48.5 Å². The predicted molar refractivity (Wildman–Crippen MR) is 119 cm³/mol. The van der Waals surface area contributed by atoms with Crippen molar-refractivity contribution >= 4 is 29.4 Å². The van der Waals surface area contributed by atoms with E-state index in [0.29, 0.717) is 36.0 Å². The highest BCUT2D eigenvalue weighted by atomic mass is 32.2. The Kier molecular flexibility index (Phi) is 6.96. The summed E-state index contributed by atoms with van der Waals surface area (Å²) in [6, 6.07) is 12.5. The summed E-state index contributed by atoms with van der Waals surface area (Å²) in [6.07, 6.45) is -3.15. The average molecular weight is 492 g/mol. The number of fused-ring (bicyclic) bond motifs is 1. The van der Waals surface area contributed by atoms with Crippen LogP contribution in [-0.4, -0.2) is 46.6 Å². The minimum atomic E-state index is -4.48. The van der Waals surface area contributed by atoms with Crippen LogP contribution in [-0.2, 0) is 11.3 Å². The maximum Gasteiger partial charge on any atom is 0.406 e. The molecule has 0 fully saturated rings. The van der Waals surface area contributed by atoms with Crippen molar-refractivity contribution in [1.29, 1.82) is 0 Å². The molecule has 0 saturated heterocycles. The van der Waals surface area contributed by atoms with E-state index in [4.69, 9.17) is 9.47 Å². The summed E-state index contributed by atoms with van der Waals surface area (Å²) in [5.41, 5.74) is 1.22. The van der Waals surface area contributed by atoms with Crippen molar-refractivity contribution in [2.45, 2.75) is 17.9 Å². The number of alkyl halides is 3. The van der Waals surface area contributed by atoms with E-state index >= 15 is 0 Å². The molecule has 0 unspecified atom stereocenters. The summed E-state index contributed by atoms with van der Waals surface area (Å²) >= 11 is 0.802. The van der Waals surface area contributed by atoms with Crippen molar-refractivity contribution in [3.05, 3.63) is 54.7 Å². The van der Waals surface area contributed by atoms with E-state index in [1.165, 1.54) is 6.20 Å². The quantitative estimate of drug-likeness (QED) is 0.498. The molecule has 0 radical (unpaired) electrons. The topological polar surface area (TPSA) is 94.5 Å². The van der Waals surface area contributed by atoms with Crippen LogP contribution in [0, 0.1) is 0 Å². The number of nitrogens with one attached hydrogen (secondary N) is 2. The first-order valence-electron chi connectivity index (χ1n) is 10.1. The van der Waals surface area contributed by atoms with Crippen molar-refractivity contribution < 1.29 is 32.2 Å². The Morgan fingerprint density at radius 3 is 2.53 bits per heavy atom. The standard InChI is InChI=1S/C22H19F3N4O4S/c23-22(24,25)13-29-16(14-4-2-1-3-5-14)11-26-21(29)34-12-19(30)28-20(31)27-15-6-7-17-18(10-15)33-9-8-32-17/h1-7,10-11H,8-9,12-13H2,(H2,27,28,30,31). The zero-order valence-electron chi connectivity index (χ0n) is 17.6. The summed E-state index contributed by atoms with van der Waals surface area (Å²) in [7, 11) is 0. The van der Waals surface area contributed by atoms with E-state index in [9.17, 15) is 22.8 Å². The maximum absolute atomic E-state index is 13.2. The SMILES string of the molecule is O=C(CSc1ncc(-c2ccccc2)n1CC(F)(F)F)NC(=O)Nc1ccc2c(c1)OCCO2. The molecule has 2 N–H and O–H groups in total. The molecule has 0 aliphatic carbocycles. The molecule has 178 valence electrons. The second-order valence-electron chi connectivity index (χ2n) is 7.14. The number of benzene rings is 2. The molecule has 0 spiro atoms. The Hall–Kier alpha value is -3.67. The second-order valence-corrected chi connectivity index (χ2v) is 8.09. The first kappa shape index (κ1) is 23.5. The van der Waals surface area contributed by atoms with E-state index in [-0.39, 0.29) is 16.6 Å².